The summed E-state index contributed by atoms with van der Waals surface area (Å²) in [5, 5.41) is 9.53. The number of benzene rings is 1. The van der Waals surface area contributed by atoms with E-state index in [0.29, 0.717) is 17.5 Å². The molecule has 0 fully saturated rings. The summed E-state index contributed by atoms with van der Waals surface area (Å²) in [6, 6.07) is 2.15. The molecule has 1 atom stereocenters. The van der Waals surface area contributed by atoms with Gasteiger partial charge in [-0.3, -0.25) is 0 Å². The molecule has 3 N–H and O–H groups in total. The van der Waals surface area contributed by atoms with Crippen LogP contribution in [0, 0.1) is 12.7 Å². The van der Waals surface area contributed by atoms with Gasteiger partial charge in [0.05, 0.1) is 0 Å². The minimum Gasteiger partial charge on any atom is -0.508 e. The lowest BCUT2D eigenvalue weighted by Gasteiger charge is -2.14. The highest BCUT2D eigenvalue weighted by Crippen LogP contribution is 2.29. The lowest BCUT2D eigenvalue weighted by Crippen LogP contribution is -2.11. The second-order valence-electron chi connectivity index (χ2n) is 3.24. The van der Waals surface area contributed by atoms with E-state index in [1.165, 1.54) is 12.1 Å². The van der Waals surface area contributed by atoms with Crippen molar-refractivity contribution in [2.45, 2.75) is 19.4 Å². The van der Waals surface area contributed by atoms with Crippen molar-refractivity contribution < 1.29 is 9.50 Å². The van der Waals surface area contributed by atoms with Gasteiger partial charge in [0, 0.05) is 11.6 Å². The molecule has 0 unspecified atom stereocenters. The van der Waals surface area contributed by atoms with Crippen LogP contribution >= 0.6 is 0 Å². The standard InChI is InChI=1S/C11H14FNO/c1-3-4-9(13)11-7(2)8(12)5-6-10(11)14/h3,5-6,9,14H,1,4,13H2,2H3/t9-/m1/s1. The molecule has 0 aliphatic carbocycles. The van der Waals surface area contributed by atoms with Crippen molar-refractivity contribution in [3.63, 3.8) is 0 Å². The largest absolute Gasteiger partial charge is 0.508 e. The fourth-order valence-electron chi connectivity index (χ4n) is 1.45. The Balaban J connectivity index is 3.17. The molecule has 0 spiro atoms. The summed E-state index contributed by atoms with van der Waals surface area (Å²) in [5.41, 5.74) is 6.64. The number of aromatic hydroxyl groups is 1. The Bertz CT molecular complexity index is 349. The molecular weight excluding hydrogens is 181 g/mol. The molecular formula is C11H14FNO. The first kappa shape index (κ1) is 10.7. The topological polar surface area (TPSA) is 46.2 Å². The number of hydrogen-bond acceptors (Lipinski definition) is 2. The molecule has 14 heavy (non-hydrogen) atoms. The summed E-state index contributed by atoms with van der Waals surface area (Å²) in [4.78, 5) is 0. The molecule has 2 nitrogen and oxygen atoms in total. The fraction of sp³-hybridized carbons (Fsp3) is 0.273. The fourth-order valence-corrected chi connectivity index (χ4v) is 1.45. The maximum atomic E-state index is 13.2. The maximum Gasteiger partial charge on any atom is 0.126 e. The molecule has 0 saturated heterocycles. The van der Waals surface area contributed by atoms with Crippen molar-refractivity contribution in [2.24, 2.45) is 5.73 Å². The molecule has 1 rings (SSSR count). The van der Waals surface area contributed by atoms with E-state index in [1.54, 1.807) is 13.0 Å². The summed E-state index contributed by atoms with van der Waals surface area (Å²) < 4.78 is 13.2. The number of phenols is 1. The maximum absolute atomic E-state index is 13.2. The van der Waals surface area contributed by atoms with Gasteiger partial charge in [-0.1, -0.05) is 6.08 Å². The van der Waals surface area contributed by atoms with Crippen LogP contribution in [0.3, 0.4) is 0 Å². The lowest BCUT2D eigenvalue weighted by atomic mass is 9.98. The minimum absolute atomic E-state index is 0.0400. The number of rotatable bonds is 3. The van der Waals surface area contributed by atoms with Crippen LogP contribution in [0.1, 0.15) is 23.6 Å². The van der Waals surface area contributed by atoms with Gasteiger partial charge in [-0.25, -0.2) is 4.39 Å². The Morgan fingerprint density at radius 1 is 1.64 bits per heavy atom. The van der Waals surface area contributed by atoms with E-state index in [0.717, 1.165) is 0 Å². The van der Waals surface area contributed by atoms with Gasteiger partial charge >= 0.3 is 0 Å². The van der Waals surface area contributed by atoms with Crippen LogP contribution in [-0.4, -0.2) is 5.11 Å². The molecule has 1 aromatic rings. The predicted octanol–water partition coefficient (Wildman–Crippen LogP) is 2.42. The summed E-state index contributed by atoms with van der Waals surface area (Å²) in [5.74, 6) is -0.310. The van der Waals surface area contributed by atoms with Gasteiger partial charge in [0.2, 0.25) is 0 Å². The van der Waals surface area contributed by atoms with E-state index in [1.807, 2.05) is 0 Å². The van der Waals surface area contributed by atoms with Crippen molar-refractivity contribution in [1.29, 1.82) is 0 Å². The van der Waals surface area contributed by atoms with Gasteiger partial charge in [0.1, 0.15) is 11.6 Å². The molecule has 0 saturated carbocycles. The highest BCUT2D eigenvalue weighted by Gasteiger charge is 2.15. The van der Waals surface area contributed by atoms with Crippen LogP contribution < -0.4 is 5.73 Å². The molecule has 3 heteroatoms. The summed E-state index contributed by atoms with van der Waals surface area (Å²) in [6.45, 7) is 5.16. The van der Waals surface area contributed by atoms with Gasteiger partial charge in [-0.2, -0.15) is 0 Å². The van der Waals surface area contributed by atoms with Crippen molar-refractivity contribution in [2.75, 3.05) is 0 Å². The van der Waals surface area contributed by atoms with E-state index < -0.39 is 6.04 Å². The van der Waals surface area contributed by atoms with Gasteiger partial charge < -0.3 is 10.8 Å². The van der Waals surface area contributed by atoms with Gasteiger partial charge in [0.15, 0.2) is 0 Å². The second kappa shape index (κ2) is 4.24. The van der Waals surface area contributed by atoms with Crippen molar-refractivity contribution in [1.82, 2.24) is 0 Å². The second-order valence-corrected chi connectivity index (χ2v) is 3.24. The Morgan fingerprint density at radius 3 is 2.86 bits per heavy atom. The average molecular weight is 195 g/mol. The third-order valence-electron chi connectivity index (χ3n) is 2.22. The first-order chi connectivity index (χ1) is 6.57. The number of hydrogen-bond donors (Lipinski definition) is 2. The molecule has 76 valence electrons. The Labute approximate surface area is 82.9 Å². The zero-order valence-electron chi connectivity index (χ0n) is 8.13. The molecule has 1 aromatic carbocycles. The van der Waals surface area contributed by atoms with E-state index in [4.69, 9.17) is 5.73 Å². The molecule has 0 aromatic heterocycles. The summed E-state index contributed by atoms with van der Waals surface area (Å²) >= 11 is 0. The monoisotopic (exact) mass is 195 g/mol. The first-order valence-electron chi connectivity index (χ1n) is 4.42. The lowest BCUT2D eigenvalue weighted by molar-refractivity contribution is 0.457. The zero-order chi connectivity index (χ0) is 10.7. The SMILES string of the molecule is C=CC[C@@H](N)c1c(O)ccc(F)c1C. The third kappa shape index (κ3) is 1.93. The van der Waals surface area contributed by atoms with E-state index in [9.17, 15) is 9.50 Å². The van der Waals surface area contributed by atoms with Crippen molar-refractivity contribution >= 4 is 0 Å². The van der Waals surface area contributed by atoms with E-state index >= 15 is 0 Å². The Hall–Kier alpha value is -1.35. The number of phenolic OH excluding ortho intramolecular Hbond substituents is 1. The minimum atomic E-state index is -0.400. The zero-order valence-corrected chi connectivity index (χ0v) is 8.13. The van der Waals surface area contributed by atoms with Gasteiger partial charge in [-0.15, -0.1) is 6.58 Å². The highest BCUT2D eigenvalue weighted by atomic mass is 19.1. The Morgan fingerprint density at radius 2 is 2.29 bits per heavy atom. The summed E-state index contributed by atoms with van der Waals surface area (Å²) in [6.07, 6.45) is 2.16. The van der Waals surface area contributed by atoms with Crippen LogP contribution in [0.5, 0.6) is 5.75 Å². The van der Waals surface area contributed by atoms with Crippen LogP contribution in [0.15, 0.2) is 24.8 Å². The molecule has 0 aliphatic rings. The van der Waals surface area contributed by atoms with Crippen LogP contribution in [0.2, 0.25) is 0 Å². The van der Waals surface area contributed by atoms with Crippen LogP contribution in [0.25, 0.3) is 0 Å². The summed E-state index contributed by atoms with van der Waals surface area (Å²) in [7, 11) is 0. The molecule has 0 radical (unpaired) electrons. The molecule has 0 heterocycles. The van der Waals surface area contributed by atoms with Crippen molar-refractivity contribution in [3.8, 4) is 5.75 Å². The van der Waals surface area contributed by atoms with Gasteiger partial charge in [-0.05, 0) is 31.0 Å². The molecule has 0 amide bonds. The predicted molar refractivity (Wildman–Crippen MR) is 54.5 cm³/mol. The van der Waals surface area contributed by atoms with Gasteiger partial charge in [0.25, 0.3) is 0 Å². The van der Waals surface area contributed by atoms with E-state index in [-0.39, 0.29) is 11.6 Å². The van der Waals surface area contributed by atoms with Crippen molar-refractivity contribution in [3.05, 3.63) is 41.7 Å². The average Bonchev–Trinajstić information content (AvgIpc) is 2.13. The smallest absolute Gasteiger partial charge is 0.126 e. The molecule has 0 aliphatic heterocycles. The normalized spacial score (nSPS) is 12.5. The van der Waals surface area contributed by atoms with Crippen LogP contribution in [-0.2, 0) is 0 Å². The quantitative estimate of drug-likeness (QED) is 0.727. The molecule has 0 bridgehead atoms. The third-order valence-corrected chi connectivity index (χ3v) is 2.22. The number of halogens is 1. The first-order valence-corrected chi connectivity index (χ1v) is 4.42. The van der Waals surface area contributed by atoms with E-state index in [2.05, 4.69) is 6.58 Å². The number of nitrogens with two attached hydrogens (primary N) is 1. The van der Waals surface area contributed by atoms with Crippen LogP contribution in [0.4, 0.5) is 4.39 Å². The highest BCUT2D eigenvalue weighted by molar-refractivity contribution is 5.41. The Kier molecular flexibility index (Phi) is 3.25.